The number of carbonyl (C=O) groups excluding carboxylic acids is 4. The second kappa shape index (κ2) is 16.9. The summed E-state index contributed by atoms with van der Waals surface area (Å²) in [7, 11) is 0. The third-order valence-electron chi connectivity index (χ3n) is 6.82. The van der Waals surface area contributed by atoms with E-state index in [1.165, 1.54) is 16.7 Å². The van der Waals surface area contributed by atoms with Crippen molar-refractivity contribution in [2.75, 3.05) is 12.0 Å². The normalized spacial score (nSPS) is 13.8. The molecule has 0 aromatic heterocycles. The van der Waals surface area contributed by atoms with Crippen LogP contribution in [0.4, 0.5) is 4.79 Å². The van der Waals surface area contributed by atoms with Crippen LogP contribution in [0.1, 0.15) is 91.5 Å². The molecule has 0 saturated heterocycles. The molecule has 258 valence electrons. The van der Waals surface area contributed by atoms with Crippen molar-refractivity contribution in [1.29, 1.82) is 0 Å². The van der Waals surface area contributed by atoms with Gasteiger partial charge in [0.15, 0.2) is 0 Å². The van der Waals surface area contributed by atoms with Crippen LogP contribution in [0.25, 0.3) is 6.08 Å². The van der Waals surface area contributed by atoms with Crippen LogP contribution in [0.3, 0.4) is 0 Å². The molecule has 47 heavy (non-hydrogen) atoms. The molecule has 0 aliphatic rings. The van der Waals surface area contributed by atoms with Crippen molar-refractivity contribution in [3.63, 3.8) is 0 Å². The maximum Gasteiger partial charge on any atom is 0.408 e. The van der Waals surface area contributed by atoms with E-state index in [4.69, 9.17) is 9.47 Å². The predicted octanol–water partition coefficient (Wildman–Crippen LogP) is 6.71. The largest absolute Gasteiger partial charge is 0.458 e. The first-order valence-electron chi connectivity index (χ1n) is 15.9. The SMILES string of the molecule is C=Cc1cccc(C(C(=O)NC(Cc2ccccc2)C(=O)OC(C)(C)C)N(C(=O)C(CCSC)NC(=O)OC(C)(C)C)C(C)(C)C)c1. The lowest BCUT2D eigenvalue weighted by Gasteiger charge is -2.43. The minimum atomic E-state index is -1.18. The lowest BCUT2D eigenvalue weighted by atomic mass is 9.93. The van der Waals surface area contributed by atoms with Gasteiger partial charge in [-0.25, -0.2) is 9.59 Å². The molecule has 2 rings (SSSR count). The zero-order valence-corrected chi connectivity index (χ0v) is 30.5. The standard InChI is InChI=1S/C37H53N3O6S/c1-12-25-19-16-20-27(23-25)30(31(41)38-29(33(43)45-36(5,6)7)24-26-17-14-13-15-18-26)40(35(2,3)4)32(42)28(21-22-47-11)39-34(44)46-37(8,9)10/h12-20,23,28-30H,1,21-22,24H2,2-11H3,(H,38,41)(H,39,44). The van der Waals surface area contributed by atoms with Gasteiger partial charge in [-0.3, -0.25) is 9.59 Å². The fraction of sp³-hybridized carbons (Fsp3) is 0.514. The number of nitrogens with zero attached hydrogens (tertiary/aromatic N) is 1. The average molecular weight is 668 g/mol. The number of carbonyl (C=O) groups is 4. The molecular formula is C37H53N3O6S. The Hall–Kier alpha value is -3.79. The summed E-state index contributed by atoms with van der Waals surface area (Å²) in [6.07, 6.45) is 3.33. The molecule has 0 heterocycles. The molecule has 0 fully saturated rings. The maximum absolute atomic E-state index is 14.6. The number of alkyl carbamates (subject to hydrolysis) is 1. The van der Waals surface area contributed by atoms with Gasteiger partial charge in [-0.2, -0.15) is 11.8 Å². The summed E-state index contributed by atoms with van der Waals surface area (Å²) >= 11 is 1.54. The van der Waals surface area contributed by atoms with Gasteiger partial charge in [-0.1, -0.05) is 61.2 Å². The number of hydrogen-bond donors (Lipinski definition) is 2. The first-order chi connectivity index (χ1) is 21.8. The van der Waals surface area contributed by atoms with Crippen molar-refractivity contribution in [3.05, 3.63) is 77.9 Å². The highest BCUT2D eigenvalue weighted by atomic mass is 32.2. The zero-order valence-electron chi connectivity index (χ0n) is 29.6. The van der Waals surface area contributed by atoms with Crippen LogP contribution in [-0.2, 0) is 30.3 Å². The van der Waals surface area contributed by atoms with E-state index in [0.29, 0.717) is 17.7 Å². The highest BCUT2D eigenvalue weighted by Gasteiger charge is 2.43. The molecule has 10 heteroatoms. The van der Waals surface area contributed by atoms with Crippen molar-refractivity contribution in [2.45, 2.75) is 110 Å². The molecule has 0 radical (unpaired) electrons. The summed E-state index contributed by atoms with van der Waals surface area (Å²) in [5.74, 6) is -1.04. The molecule has 2 N–H and O–H groups in total. The van der Waals surface area contributed by atoms with Crippen LogP contribution in [-0.4, -0.2) is 69.6 Å². The van der Waals surface area contributed by atoms with Crippen molar-refractivity contribution in [2.24, 2.45) is 0 Å². The molecule has 0 bridgehead atoms. The maximum atomic E-state index is 14.6. The van der Waals surface area contributed by atoms with Gasteiger partial charge in [0.2, 0.25) is 11.8 Å². The summed E-state index contributed by atoms with van der Waals surface area (Å²) in [6.45, 7) is 19.9. The third-order valence-corrected chi connectivity index (χ3v) is 7.46. The van der Waals surface area contributed by atoms with E-state index >= 15 is 0 Å². The first-order valence-corrected chi connectivity index (χ1v) is 17.3. The smallest absolute Gasteiger partial charge is 0.408 e. The number of hydrogen-bond acceptors (Lipinski definition) is 7. The third kappa shape index (κ3) is 13.1. The van der Waals surface area contributed by atoms with Crippen molar-refractivity contribution >= 4 is 41.7 Å². The van der Waals surface area contributed by atoms with Crippen LogP contribution in [0.15, 0.2) is 61.2 Å². The molecule has 2 aromatic carbocycles. The molecule has 0 spiro atoms. The van der Waals surface area contributed by atoms with Crippen molar-refractivity contribution in [1.82, 2.24) is 15.5 Å². The second-order valence-corrected chi connectivity index (χ2v) is 15.4. The fourth-order valence-electron chi connectivity index (χ4n) is 4.90. The molecule has 0 aliphatic carbocycles. The summed E-state index contributed by atoms with van der Waals surface area (Å²) in [4.78, 5) is 57.2. The van der Waals surface area contributed by atoms with E-state index in [9.17, 15) is 19.2 Å². The Morgan fingerprint density at radius 1 is 0.851 bits per heavy atom. The van der Waals surface area contributed by atoms with Crippen LogP contribution in [0.5, 0.6) is 0 Å². The van der Waals surface area contributed by atoms with Crippen LogP contribution in [0, 0.1) is 0 Å². The number of benzene rings is 2. The molecule has 0 saturated carbocycles. The van der Waals surface area contributed by atoms with Gasteiger partial charge in [0, 0.05) is 12.0 Å². The Bertz CT molecular complexity index is 1370. The minimum Gasteiger partial charge on any atom is -0.458 e. The van der Waals surface area contributed by atoms with E-state index in [0.717, 1.165) is 11.1 Å². The molecular weight excluding hydrogens is 614 g/mol. The molecule has 9 nitrogen and oxygen atoms in total. The summed E-state index contributed by atoms with van der Waals surface area (Å²) < 4.78 is 11.2. The Morgan fingerprint density at radius 3 is 2.00 bits per heavy atom. The quantitative estimate of drug-likeness (QED) is 0.228. The number of esters is 1. The van der Waals surface area contributed by atoms with Crippen LogP contribution >= 0.6 is 11.8 Å². The second-order valence-electron chi connectivity index (χ2n) is 14.4. The van der Waals surface area contributed by atoms with Gasteiger partial charge >= 0.3 is 12.1 Å². The number of thioether (sulfide) groups is 1. The number of rotatable bonds is 13. The van der Waals surface area contributed by atoms with Gasteiger partial charge in [0.1, 0.15) is 29.3 Å². The molecule has 3 unspecified atom stereocenters. The van der Waals surface area contributed by atoms with E-state index in [1.54, 1.807) is 65.8 Å². The Kier molecular flexibility index (Phi) is 14.1. The Labute approximate surface area is 285 Å². The van der Waals surface area contributed by atoms with E-state index in [1.807, 2.05) is 63.4 Å². The Morgan fingerprint density at radius 2 is 1.47 bits per heavy atom. The van der Waals surface area contributed by atoms with Gasteiger partial charge in [0.05, 0.1) is 0 Å². The van der Waals surface area contributed by atoms with Gasteiger partial charge in [0.25, 0.3) is 0 Å². The van der Waals surface area contributed by atoms with E-state index in [2.05, 4.69) is 17.2 Å². The lowest BCUT2D eigenvalue weighted by molar-refractivity contribution is -0.159. The zero-order chi connectivity index (χ0) is 35.6. The van der Waals surface area contributed by atoms with Gasteiger partial charge in [-0.05, 0) is 103 Å². The molecule has 2 aromatic rings. The van der Waals surface area contributed by atoms with E-state index in [-0.39, 0.29) is 6.42 Å². The highest BCUT2D eigenvalue weighted by Crippen LogP contribution is 2.32. The first kappa shape index (κ1) is 39.4. The molecule has 3 amide bonds. The summed E-state index contributed by atoms with van der Waals surface area (Å²) in [5.41, 5.74) is -0.371. The summed E-state index contributed by atoms with van der Waals surface area (Å²) in [6, 6.07) is 13.3. The fourth-order valence-corrected chi connectivity index (χ4v) is 5.37. The topological polar surface area (TPSA) is 114 Å². The van der Waals surface area contributed by atoms with Gasteiger partial charge in [-0.15, -0.1) is 0 Å². The number of amides is 3. The summed E-state index contributed by atoms with van der Waals surface area (Å²) in [5, 5.41) is 5.69. The predicted molar refractivity (Wildman–Crippen MR) is 190 cm³/mol. The number of nitrogens with one attached hydrogen (secondary N) is 2. The van der Waals surface area contributed by atoms with Crippen LogP contribution < -0.4 is 10.6 Å². The van der Waals surface area contributed by atoms with E-state index < -0.39 is 58.7 Å². The van der Waals surface area contributed by atoms with Crippen molar-refractivity contribution < 1.29 is 28.7 Å². The number of ether oxygens (including phenoxy) is 2. The van der Waals surface area contributed by atoms with Crippen molar-refractivity contribution in [3.8, 4) is 0 Å². The Balaban J connectivity index is 2.68. The van der Waals surface area contributed by atoms with Gasteiger partial charge < -0.3 is 25.0 Å². The monoisotopic (exact) mass is 667 g/mol. The van der Waals surface area contributed by atoms with Crippen LogP contribution in [0.2, 0.25) is 0 Å². The molecule has 3 atom stereocenters. The molecule has 0 aliphatic heterocycles. The highest BCUT2D eigenvalue weighted by molar-refractivity contribution is 7.98. The lowest BCUT2D eigenvalue weighted by Crippen LogP contribution is -2.59. The minimum absolute atomic E-state index is 0.181. The average Bonchev–Trinajstić information content (AvgIpc) is 2.95.